The lowest BCUT2D eigenvalue weighted by atomic mass is 10.0. The van der Waals surface area contributed by atoms with Gasteiger partial charge in [-0.15, -0.1) is 10.2 Å². The van der Waals surface area contributed by atoms with E-state index in [9.17, 15) is 0 Å². The van der Waals surface area contributed by atoms with Crippen LogP contribution in [0.25, 0.3) is 22.5 Å². The summed E-state index contributed by atoms with van der Waals surface area (Å²) >= 11 is 7.43. The van der Waals surface area contributed by atoms with Gasteiger partial charge in [-0.2, -0.15) is 0 Å². The standard InChI is InChI=1S/C25H22ClN3OS/c1-17-3-7-19(8-4-17)23-24(20-9-5-18(2)6-10-20)28-29-25(27-23)31-16-15-30-22-13-11-21(26)12-14-22/h3-14H,15-16H2,1-2H3. The second-order valence-electron chi connectivity index (χ2n) is 7.17. The first-order valence-corrected chi connectivity index (χ1v) is 11.3. The molecule has 4 rings (SSSR count). The minimum atomic E-state index is 0.537. The molecule has 31 heavy (non-hydrogen) atoms. The van der Waals surface area contributed by atoms with Crippen LogP contribution in [0.3, 0.4) is 0 Å². The summed E-state index contributed by atoms with van der Waals surface area (Å²) in [5.74, 6) is 1.50. The lowest BCUT2D eigenvalue weighted by Crippen LogP contribution is -2.03. The number of nitrogens with zero attached hydrogens (tertiary/aromatic N) is 3. The van der Waals surface area contributed by atoms with Gasteiger partial charge in [0.05, 0.1) is 6.61 Å². The molecular weight excluding hydrogens is 426 g/mol. The lowest BCUT2D eigenvalue weighted by Gasteiger charge is -2.10. The first-order valence-electron chi connectivity index (χ1n) is 9.98. The summed E-state index contributed by atoms with van der Waals surface area (Å²) in [6, 6.07) is 23.9. The van der Waals surface area contributed by atoms with Crippen molar-refractivity contribution in [3.8, 4) is 28.3 Å². The number of hydrogen-bond donors (Lipinski definition) is 0. The first-order chi connectivity index (χ1) is 15.1. The Hall–Kier alpha value is -2.89. The molecule has 0 atom stereocenters. The van der Waals surface area contributed by atoms with Gasteiger partial charge in [0.1, 0.15) is 17.1 Å². The fraction of sp³-hybridized carbons (Fsp3) is 0.160. The summed E-state index contributed by atoms with van der Waals surface area (Å²) in [4.78, 5) is 4.84. The van der Waals surface area contributed by atoms with Gasteiger partial charge in [-0.1, -0.05) is 83.0 Å². The molecule has 0 fully saturated rings. The highest BCUT2D eigenvalue weighted by atomic mass is 35.5. The van der Waals surface area contributed by atoms with Crippen molar-refractivity contribution >= 4 is 23.4 Å². The van der Waals surface area contributed by atoms with Crippen molar-refractivity contribution in [3.63, 3.8) is 0 Å². The summed E-state index contributed by atoms with van der Waals surface area (Å²) < 4.78 is 5.76. The van der Waals surface area contributed by atoms with Crippen LogP contribution in [-0.2, 0) is 0 Å². The predicted octanol–water partition coefficient (Wildman–Crippen LogP) is 6.65. The van der Waals surface area contributed by atoms with Crippen LogP contribution in [0.4, 0.5) is 0 Å². The molecule has 4 aromatic rings. The monoisotopic (exact) mass is 447 g/mol. The number of aromatic nitrogens is 3. The van der Waals surface area contributed by atoms with Crippen molar-refractivity contribution in [1.82, 2.24) is 15.2 Å². The van der Waals surface area contributed by atoms with Crippen LogP contribution in [-0.4, -0.2) is 27.5 Å². The fourth-order valence-corrected chi connectivity index (χ4v) is 3.74. The Morgan fingerprint density at radius 2 is 1.32 bits per heavy atom. The van der Waals surface area contributed by atoms with Crippen LogP contribution < -0.4 is 4.74 Å². The predicted molar refractivity (Wildman–Crippen MR) is 128 cm³/mol. The van der Waals surface area contributed by atoms with Crippen molar-refractivity contribution in [2.75, 3.05) is 12.4 Å². The summed E-state index contributed by atoms with van der Waals surface area (Å²) in [6.45, 7) is 4.68. The Balaban J connectivity index is 1.53. The normalized spacial score (nSPS) is 10.8. The molecule has 0 radical (unpaired) electrons. The van der Waals surface area contributed by atoms with Gasteiger partial charge in [-0.3, -0.25) is 0 Å². The van der Waals surface area contributed by atoms with Gasteiger partial charge in [0, 0.05) is 21.9 Å². The smallest absolute Gasteiger partial charge is 0.209 e. The van der Waals surface area contributed by atoms with E-state index >= 15 is 0 Å². The summed E-state index contributed by atoms with van der Waals surface area (Å²) in [7, 11) is 0. The van der Waals surface area contributed by atoms with Crippen molar-refractivity contribution in [2.45, 2.75) is 19.0 Å². The van der Waals surface area contributed by atoms with E-state index in [1.54, 1.807) is 0 Å². The van der Waals surface area contributed by atoms with E-state index in [2.05, 4.69) is 72.6 Å². The van der Waals surface area contributed by atoms with E-state index in [1.807, 2.05) is 24.3 Å². The van der Waals surface area contributed by atoms with Crippen molar-refractivity contribution in [2.24, 2.45) is 0 Å². The molecule has 4 nitrogen and oxygen atoms in total. The zero-order valence-electron chi connectivity index (χ0n) is 17.4. The molecule has 0 unspecified atom stereocenters. The summed E-state index contributed by atoms with van der Waals surface area (Å²) in [5, 5.41) is 10.2. The molecule has 6 heteroatoms. The Morgan fingerprint density at radius 1 is 0.742 bits per heavy atom. The maximum Gasteiger partial charge on any atom is 0.209 e. The van der Waals surface area contributed by atoms with E-state index in [0.29, 0.717) is 22.5 Å². The molecule has 0 amide bonds. The number of hydrogen-bond acceptors (Lipinski definition) is 5. The van der Waals surface area contributed by atoms with Crippen LogP contribution in [0.2, 0.25) is 5.02 Å². The molecule has 1 aromatic heterocycles. The van der Waals surface area contributed by atoms with Gasteiger partial charge < -0.3 is 4.74 Å². The number of rotatable bonds is 7. The van der Waals surface area contributed by atoms with Gasteiger partial charge in [-0.25, -0.2) is 4.98 Å². The largest absolute Gasteiger partial charge is 0.493 e. The third-order valence-corrected chi connectivity index (χ3v) is 5.77. The highest BCUT2D eigenvalue weighted by Gasteiger charge is 2.14. The Bertz CT molecular complexity index is 1150. The molecule has 3 aromatic carbocycles. The molecule has 0 saturated heterocycles. The molecular formula is C25H22ClN3OS. The van der Waals surface area contributed by atoms with Gasteiger partial charge in [0.15, 0.2) is 0 Å². The Labute approximate surface area is 191 Å². The molecule has 0 bridgehead atoms. The number of thioether (sulfide) groups is 1. The van der Waals surface area contributed by atoms with Crippen LogP contribution in [0, 0.1) is 13.8 Å². The fourth-order valence-electron chi connectivity index (χ4n) is 3.01. The Morgan fingerprint density at radius 3 is 1.94 bits per heavy atom. The average molecular weight is 448 g/mol. The zero-order chi connectivity index (χ0) is 21.6. The minimum absolute atomic E-state index is 0.537. The van der Waals surface area contributed by atoms with E-state index in [4.69, 9.17) is 21.3 Å². The van der Waals surface area contributed by atoms with Crippen molar-refractivity contribution in [1.29, 1.82) is 0 Å². The quantitative estimate of drug-likeness (QED) is 0.234. The number of ether oxygens (including phenoxy) is 1. The van der Waals surface area contributed by atoms with Gasteiger partial charge in [-0.05, 0) is 38.1 Å². The van der Waals surface area contributed by atoms with Gasteiger partial charge in [0.25, 0.3) is 0 Å². The molecule has 0 aliphatic carbocycles. The second kappa shape index (κ2) is 9.94. The molecule has 0 saturated carbocycles. The molecule has 0 spiro atoms. The second-order valence-corrected chi connectivity index (χ2v) is 8.67. The topological polar surface area (TPSA) is 47.9 Å². The maximum atomic E-state index is 5.91. The number of benzene rings is 3. The summed E-state index contributed by atoms with van der Waals surface area (Å²) in [5.41, 5.74) is 6.05. The van der Waals surface area contributed by atoms with Crippen LogP contribution >= 0.6 is 23.4 Å². The Kier molecular flexibility index (Phi) is 6.85. The van der Waals surface area contributed by atoms with Crippen molar-refractivity contribution < 1.29 is 4.74 Å². The third kappa shape index (κ3) is 5.63. The first kappa shape index (κ1) is 21.3. The zero-order valence-corrected chi connectivity index (χ0v) is 19.0. The van der Waals surface area contributed by atoms with Crippen molar-refractivity contribution in [3.05, 3.63) is 88.9 Å². The number of aryl methyl sites for hydroxylation is 2. The average Bonchev–Trinajstić information content (AvgIpc) is 2.79. The molecule has 156 valence electrons. The lowest BCUT2D eigenvalue weighted by molar-refractivity contribution is 0.344. The third-order valence-electron chi connectivity index (χ3n) is 4.71. The minimum Gasteiger partial charge on any atom is -0.493 e. The highest BCUT2D eigenvalue weighted by molar-refractivity contribution is 7.99. The summed E-state index contributed by atoms with van der Waals surface area (Å²) in [6.07, 6.45) is 0. The van der Waals surface area contributed by atoms with E-state index in [1.165, 1.54) is 22.9 Å². The number of halogens is 1. The van der Waals surface area contributed by atoms with E-state index in [-0.39, 0.29) is 0 Å². The SMILES string of the molecule is Cc1ccc(-c2nnc(SCCOc3ccc(Cl)cc3)nc2-c2ccc(C)cc2)cc1. The molecule has 1 heterocycles. The molecule has 0 aliphatic rings. The van der Waals surface area contributed by atoms with E-state index in [0.717, 1.165) is 28.3 Å². The van der Waals surface area contributed by atoms with Gasteiger partial charge in [0.2, 0.25) is 5.16 Å². The maximum absolute atomic E-state index is 5.91. The van der Waals surface area contributed by atoms with E-state index < -0.39 is 0 Å². The highest BCUT2D eigenvalue weighted by Crippen LogP contribution is 2.30. The van der Waals surface area contributed by atoms with Crippen LogP contribution in [0.15, 0.2) is 78.0 Å². The van der Waals surface area contributed by atoms with Crippen LogP contribution in [0.5, 0.6) is 5.75 Å². The molecule has 0 N–H and O–H groups in total. The van der Waals surface area contributed by atoms with Crippen LogP contribution in [0.1, 0.15) is 11.1 Å². The molecule has 0 aliphatic heterocycles. The van der Waals surface area contributed by atoms with Gasteiger partial charge >= 0.3 is 0 Å².